The monoisotopic (exact) mass is 502 g/mol. The number of halogens is 1. The minimum Gasteiger partial charge on any atom is -0.445 e. The number of rotatable bonds is 10. The van der Waals surface area contributed by atoms with Crippen molar-refractivity contribution in [1.29, 1.82) is 0 Å². The highest BCUT2D eigenvalue weighted by molar-refractivity contribution is 6.05. The van der Waals surface area contributed by atoms with Crippen LogP contribution in [0.25, 0.3) is 0 Å². The standard InChI is InChI=1S/C29H31FN4O3/c30-24-13-21(28(35)34-26-4-2-1-3-25(26)31)11-12-22(24)16-33-29(36)37-17-19-7-9-20(10-8-19)23-14-27(23)32-15-18-5-6-18/h1-4,7-13,18,23,27,32H,5-6,14-17,31H2,(H,33,36)(H,34,35)/t23?,27-/m0/s1. The molecule has 5 rings (SSSR count). The van der Waals surface area contributed by atoms with E-state index in [-0.39, 0.29) is 24.3 Å². The molecule has 2 aliphatic rings. The smallest absolute Gasteiger partial charge is 0.407 e. The highest BCUT2D eigenvalue weighted by Gasteiger charge is 2.38. The van der Waals surface area contributed by atoms with Crippen molar-refractivity contribution in [3.63, 3.8) is 0 Å². The number of carbonyl (C=O) groups is 2. The van der Waals surface area contributed by atoms with Gasteiger partial charge in [-0.2, -0.15) is 0 Å². The number of ether oxygens (including phenoxy) is 1. The molecule has 0 saturated heterocycles. The van der Waals surface area contributed by atoms with Gasteiger partial charge in [0.1, 0.15) is 12.4 Å². The predicted molar refractivity (Wildman–Crippen MR) is 141 cm³/mol. The summed E-state index contributed by atoms with van der Waals surface area (Å²) in [5.74, 6) is 0.374. The first-order chi connectivity index (χ1) is 18.0. The Kier molecular flexibility index (Phi) is 7.37. The zero-order chi connectivity index (χ0) is 25.8. The van der Waals surface area contributed by atoms with E-state index in [2.05, 4.69) is 28.1 Å². The SMILES string of the molecule is Nc1ccccc1NC(=O)c1ccc(CNC(=O)OCc2ccc(C3C[C@@H]3NCC3CC3)cc2)c(F)c1. The molecule has 3 aromatic rings. The van der Waals surface area contributed by atoms with E-state index in [1.807, 2.05) is 12.1 Å². The maximum absolute atomic E-state index is 14.6. The second-order valence-electron chi connectivity index (χ2n) is 9.82. The van der Waals surface area contributed by atoms with Gasteiger partial charge in [-0.15, -0.1) is 0 Å². The second-order valence-corrected chi connectivity index (χ2v) is 9.82. The Labute approximate surface area is 215 Å². The number of nitrogens with one attached hydrogen (secondary N) is 3. The molecule has 0 radical (unpaired) electrons. The van der Waals surface area contributed by atoms with E-state index in [1.54, 1.807) is 24.3 Å². The van der Waals surface area contributed by atoms with Gasteiger partial charge in [-0.3, -0.25) is 4.79 Å². The van der Waals surface area contributed by atoms with Gasteiger partial charge in [-0.1, -0.05) is 42.5 Å². The lowest BCUT2D eigenvalue weighted by Crippen LogP contribution is -2.24. The molecule has 0 bridgehead atoms. The third-order valence-electron chi connectivity index (χ3n) is 6.88. The van der Waals surface area contributed by atoms with Gasteiger partial charge in [-0.05, 0) is 67.1 Å². The number of nitrogen functional groups attached to an aromatic ring is 1. The van der Waals surface area contributed by atoms with Crippen LogP contribution in [-0.4, -0.2) is 24.6 Å². The van der Waals surface area contributed by atoms with Crippen LogP contribution < -0.4 is 21.7 Å². The third kappa shape index (κ3) is 6.65. The molecule has 2 amide bonds. The van der Waals surface area contributed by atoms with E-state index in [4.69, 9.17) is 10.5 Å². The van der Waals surface area contributed by atoms with Crippen molar-refractivity contribution in [3.05, 3.63) is 94.8 Å². The molecule has 2 saturated carbocycles. The summed E-state index contributed by atoms with van der Waals surface area (Å²) in [4.78, 5) is 24.6. The summed E-state index contributed by atoms with van der Waals surface area (Å²) in [5, 5.41) is 8.86. The molecule has 0 heterocycles. The lowest BCUT2D eigenvalue weighted by molar-refractivity contribution is 0.102. The fraction of sp³-hybridized carbons (Fsp3) is 0.310. The van der Waals surface area contributed by atoms with Crippen molar-refractivity contribution in [3.8, 4) is 0 Å². The summed E-state index contributed by atoms with van der Waals surface area (Å²) < 4.78 is 19.8. The molecule has 3 aromatic carbocycles. The van der Waals surface area contributed by atoms with Crippen molar-refractivity contribution in [2.24, 2.45) is 5.92 Å². The second kappa shape index (κ2) is 11.0. The highest BCUT2D eigenvalue weighted by Crippen LogP contribution is 2.41. The molecule has 5 N–H and O–H groups in total. The van der Waals surface area contributed by atoms with Crippen molar-refractivity contribution in [2.45, 2.75) is 44.4 Å². The summed E-state index contributed by atoms with van der Waals surface area (Å²) >= 11 is 0. The number of hydrogen-bond acceptors (Lipinski definition) is 5. The first kappa shape index (κ1) is 24.8. The molecule has 0 spiro atoms. The van der Waals surface area contributed by atoms with E-state index in [0.29, 0.717) is 23.3 Å². The fourth-order valence-corrected chi connectivity index (χ4v) is 4.29. The Morgan fingerprint density at radius 2 is 1.81 bits per heavy atom. The average molecular weight is 503 g/mol. The molecule has 0 aliphatic heterocycles. The predicted octanol–water partition coefficient (Wildman–Crippen LogP) is 4.94. The van der Waals surface area contributed by atoms with Crippen LogP contribution in [-0.2, 0) is 17.9 Å². The first-order valence-corrected chi connectivity index (χ1v) is 12.6. The first-order valence-electron chi connectivity index (χ1n) is 12.6. The van der Waals surface area contributed by atoms with E-state index in [1.165, 1.54) is 37.0 Å². The Bertz CT molecular complexity index is 1280. The van der Waals surface area contributed by atoms with Gasteiger partial charge in [0.25, 0.3) is 5.91 Å². The molecule has 2 atom stereocenters. The van der Waals surface area contributed by atoms with Gasteiger partial charge in [0, 0.05) is 29.6 Å². The van der Waals surface area contributed by atoms with Crippen LogP contribution >= 0.6 is 0 Å². The average Bonchev–Trinajstić information content (AvgIpc) is 3.83. The molecular formula is C29H31FN4O3. The Morgan fingerprint density at radius 1 is 1.03 bits per heavy atom. The summed E-state index contributed by atoms with van der Waals surface area (Å²) in [6, 6.07) is 19.6. The van der Waals surface area contributed by atoms with Crippen LogP contribution in [0.1, 0.15) is 52.2 Å². The van der Waals surface area contributed by atoms with E-state index in [0.717, 1.165) is 24.1 Å². The fourth-order valence-electron chi connectivity index (χ4n) is 4.29. The molecule has 37 heavy (non-hydrogen) atoms. The van der Waals surface area contributed by atoms with Gasteiger partial charge in [0.2, 0.25) is 0 Å². The zero-order valence-corrected chi connectivity index (χ0v) is 20.5. The number of hydrogen-bond donors (Lipinski definition) is 4. The molecule has 2 fully saturated rings. The van der Waals surface area contributed by atoms with E-state index < -0.39 is 17.8 Å². The molecule has 1 unspecified atom stereocenters. The Morgan fingerprint density at radius 3 is 2.54 bits per heavy atom. The van der Waals surface area contributed by atoms with Crippen molar-refractivity contribution in [1.82, 2.24) is 10.6 Å². The number of para-hydroxylation sites is 2. The Balaban J connectivity index is 1.05. The molecular weight excluding hydrogens is 471 g/mol. The summed E-state index contributed by atoms with van der Waals surface area (Å²) in [6.45, 7) is 1.20. The lowest BCUT2D eigenvalue weighted by Gasteiger charge is -2.10. The number of alkyl carbamates (subject to hydrolysis) is 1. The number of nitrogens with two attached hydrogens (primary N) is 1. The maximum Gasteiger partial charge on any atom is 0.407 e. The number of carbonyl (C=O) groups excluding carboxylic acids is 2. The quantitative estimate of drug-likeness (QED) is 0.294. The van der Waals surface area contributed by atoms with Crippen LogP contribution in [0.5, 0.6) is 0 Å². The van der Waals surface area contributed by atoms with Crippen LogP contribution in [0.15, 0.2) is 66.7 Å². The van der Waals surface area contributed by atoms with Gasteiger partial charge in [-0.25, -0.2) is 9.18 Å². The normalized spacial score (nSPS) is 18.2. The largest absolute Gasteiger partial charge is 0.445 e. The van der Waals surface area contributed by atoms with Crippen molar-refractivity contribution < 1.29 is 18.7 Å². The van der Waals surface area contributed by atoms with Crippen LogP contribution in [0.3, 0.4) is 0 Å². The summed E-state index contributed by atoms with van der Waals surface area (Å²) in [7, 11) is 0. The summed E-state index contributed by atoms with van der Waals surface area (Å²) in [5.41, 5.74) is 9.29. The van der Waals surface area contributed by atoms with E-state index in [9.17, 15) is 14.0 Å². The number of benzene rings is 3. The molecule has 8 heteroatoms. The maximum atomic E-state index is 14.6. The number of anilines is 2. The summed E-state index contributed by atoms with van der Waals surface area (Å²) in [6.07, 6.45) is 3.25. The Hall–Kier alpha value is -3.91. The third-order valence-corrected chi connectivity index (χ3v) is 6.88. The van der Waals surface area contributed by atoms with Crippen molar-refractivity contribution >= 4 is 23.4 Å². The minimum atomic E-state index is -0.642. The van der Waals surface area contributed by atoms with Gasteiger partial charge in [0.15, 0.2) is 0 Å². The van der Waals surface area contributed by atoms with Gasteiger partial charge >= 0.3 is 6.09 Å². The molecule has 7 nitrogen and oxygen atoms in total. The van der Waals surface area contributed by atoms with Crippen LogP contribution in [0.2, 0.25) is 0 Å². The highest BCUT2D eigenvalue weighted by atomic mass is 19.1. The topological polar surface area (TPSA) is 105 Å². The van der Waals surface area contributed by atoms with Crippen molar-refractivity contribution in [2.75, 3.05) is 17.6 Å². The molecule has 192 valence electrons. The van der Waals surface area contributed by atoms with Gasteiger partial charge in [0.05, 0.1) is 11.4 Å². The molecule has 2 aliphatic carbocycles. The minimum absolute atomic E-state index is 0.0614. The van der Waals surface area contributed by atoms with Crippen LogP contribution in [0.4, 0.5) is 20.6 Å². The molecule has 0 aromatic heterocycles. The lowest BCUT2D eigenvalue weighted by atomic mass is 10.1. The van der Waals surface area contributed by atoms with E-state index >= 15 is 0 Å². The van der Waals surface area contributed by atoms with Gasteiger partial charge < -0.3 is 26.4 Å². The zero-order valence-electron chi connectivity index (χ0n) is 20.5. The number of amides is 2. The van der Waals surface area contributed by atoms with Crippen LogP contribution in [0, 0.1) is 11.7 Å².